The predicted octanol–water partition coefficient (Wildman–Crippen LogP) is 1.40. The molecule has 0 saturated carbocycles. The number of hydrogen-bond donors (Lipinski definition) is 4. The van der Waals surface area contributed by atoms with Gasteiger partial charge in [-0.2, -0.15) is 0 Å². The van der Waals surface area contributed by atoms with Crippen LogP contribution in [0.5, 0.6) is 0 Å². The highest BCUT2D eigenvalue weighted by atomic mass is 19.1. The highest BCUT2D eigenvalue weighted by Crippen LogP contribution is 2.25. The summed E-state index contributed by atoms with van der Waals surface area (Å²) in [5, 5.41) is 0. The van der Waals surface area contributed by atoms with Crippen LogP contribution >= 0.6 is 0 Å². The SMILES string of the molecule is NNc1nc(N)cc(Cc2cc(F)ccc2F)c1N. The number of nitrogen functional groups attached to an aromatic ring is 3. The molecule has 0 unspecified atom stereocenters. The van der Waals surface area contributed by atoms with E-state index in [1.807, 2.05) is 0 Å². The number of aromatic nitrogens is 1. The number of rotatable bonds is 3. The molecule has 5 nitrogen and oxygen atoms in total. The number of anilines is 3. The molecule has 100 valence electrons. The Bertz CT molecular complexity index is 615. The first kappa shape index (κ1) is 13.0. The molecular formula is C12H13F2N5. The second kappa shape index (κ2) is 5.07. The van der Waals surface area contributed by atoms with Gasteiger partial charge in [0.15, 0.2) is 5.82 Å². The van der Waals surface area contributed by atoms with Gasteiger partial charge in [-0.05, 0) is 35.4 Å². The van der Waals surface area contributed by atoms with Gasteiger partial charge in [0, 0.05) is 6.42 Å². The molecule has 7 N–H and O–H groups in total. The average molecular weight is 265 g/mol. The topological polar surface area (TPSA) is 103 Å². The molecule has 19 heavy (non-hydrogen) atoms. The number of nitrogens with one attached hydrogen (secondary N) is 1. The first-order valence-electron chi connectivity index (χ1n) is 5.46. The van der Waals surface area contributed by atoms with Gasteiger partial charge in [-0.3, -0.25) is 0 Å². The third-order valence-corrected chi connectivity index (χ3v) is 2.69. The summed E-state index contributed by atoms with van der Waals surface area (Å²) >= 11 is 0. The molecule has 0 fully saturated rings. The van der Waals surface area contributed by atoms with Crippen LogP contribution in [-0.2, 0) is 6.42 Å². The minimum atomic E-state index is -0.519. The maximum atomic E-state index is 13.6. The Hall–Kier alpha value is -2.41. The van der Waals surface area contributed by atoms with E-state index in [1.54, 1.807) is 0 Å². The number of pyridine rings is 1. The first-order valence-corrected chi connectivity index (χ1v) is 5.46. The van der Waals surface area contributed by atoms with Gasteiger partial charge in [-0.25, -0.2) is 19.6 Å². The minimum absolute atomic E-state index is 0.0941. The van der Waals surface area contributed by atoms with Crippen molar-refractivity contribution in [2.24, 2.45) is 5.84 Å². The van der Waals surface area contributed by atoms with Crippen molar-refractivity contribution < 1.29 is 8.78 Å². The van der Waals surface area contributed by atoms with E-state index in [9.17, 15) is 8.78 Å². The van der Waals surface area contributed by atoms with Crippen LogP contribution < -0.4 is 22.7 Å². The zero-order valence-corrected chi connectivity index (χ0v) is 9.95. The molecule has 1 aromatic carbocycles. The number of nitrogens with zero attached hydrogens (tertiary/aromatic N) is 1. The second-order valence-electron chi connectivity index (χ2n) is 4.03. The van der Waals surface area contributed by atoms with E-state index in [1.165, 1.54) is 6.07 Å². The summed E-state index contributed by atoms with van der Waals surface area (Å²) in [5.74, 6) is 4.61. The quantitative estimate of drug-likeness (QED) is 0.496. The molecule has 0 aliphatic carbocycles. The van der Waals surface area contributed by atoms with Crippen molar-refractivity contribution in [3.05, 3.63) is 47.0 Å². The van der Waals surface area contributed by atoms with Gasteiger partial charge >= 0.3 is 0 Å². The molecule has 0 saturated heterocycles. The molecule has 0 amide bonds. The van der Waals surface area contributed by atoms with Crippen molar-refractivity contribution in [2.45, 2.75) is 6.42 Å². The van der Waals surface area contributed by atoms with Crippen molar-refractivity contribution in [3.8, 4) is 0 Å². The predicted molar refractivity (Wildman–Crippen MR) is 70.0 cm³/mol. The third-order valence-electron chi connectivity index (χ3n) is 2.69. The Labute approximate surface area is 108 Å². The second-order valence-corrected chi connectivity index (χ2v) is 4.03. The van der Waals surface area contributed by atoms with Gasteiger partial charge in [-0.1, -0.05) is 0 Å². The van der Waals surface area contributed by atoms with Crippen LogP contribution in [0.3, 0.4) is 0 Å². The van der Waals surface area contributed by atoms with Crippen molar-refractivity contribution in [2.75, 3.05) is 16.9 Å². The van der Waals surface area contributed by atoms with E-state index in [0.29, 0.717) is 5.56 Å². The Morgan fingerprint density at radius 2 is 1.84 bits per heavy atom. The molecule has 0 atom stereocenters. The molecule has 0 aliphatic rings. The van der Waals surface area contributed by atoms with Gasteiger partial charge in [0.25, 0.3) is 0 Å². The van der Waals surface area contributed by atoms with Crippen LogP contribution in [0.2, 0.25) is 0 Å². The van der Waals surface area contributed by atoms with E-state index in [0.717, 1.165) is 18.2 Å². The van der Waals surface area contributed by atoms with Crippen molar-refractivity contribution in [1.82, 2.24) is 4.98 Å². The number of hydrogen-bond acceptors (Lipinski definition) is 5. The first-order chi connectivity index (χ1) is 9.01. The summed E-state index contributed by atoms with van der Waals surface area (Å²) in [6.45, 7) is 0. The molecule has 0 spiro atoms. The molecular weight excluding hydrogens is 252 g/mol. The molecule has 1 aromatic heterocycles. The van der Waals surface area contributed by atoms with E-state index in [4.69, 9.17) is 17.3 Å². The normalized spacial score (nSPS) is 10.5. The summed E-state index contributed by atoms with van der Waals surface area (Å²) in [7, 11) is 0. The van der Waals surface area contributed by atoms with Crippen molar-refractivity contribution in [3.63, 3.8) is 0 Å². The van der Waals surface area contributed by atoms with Crippen LogP contribution in [0.15, 0.2) is 24.3 Å². The highest BCUT2D eigenvalue weighted by Gasteiger charge is 2.11. The summed E-state index contributed by atoms with van der Waals surface area (Å²) in [6, 6.07) is 4.73. The molecule has 2 aromatic rings. The zero-order valence-electron chi connectivity index (χ0n) is 9.95. The summed E-state index contributed by atoms with van der Waals surface area (Å²) in [4.78, 5) is 3.88. The molecule has 1 heterocycles. The lowest BCUT2D eigenvalue weighted by atomic mass is 10.0. The molecule has 7 heteroatoms. The van der Waals surface area contributed by atoms with Gasteiger partial charge in [0.1, 0.15) is 17.5 Å². The Morgan fingerprint density at radius 3 is 2.53 bits per heavy atom. The lowest BCUT2D eigenvalue weighted by Gasteiger charge is -2.11. The maximum absolute atomic E-state index is 13.6. The number of nitrogens with two attached hydrogens (primary N) is 3. The number of hydrazine groups is 1. The number of halogens is 2. The lowest BCUT2D eigenvalue weighted by Crippen LogP contribution is -2.13. The van der Waals surface area contributed by atoms with Crippen LogP contribution in [0.4, 0.5) is 26.1 Å². The van der Waals surface area contributed by atoms with E-state index < -0.39 is 11.6 Å². The monoisotopic (exact) mass is 265 g/mol. The summed E-state index contributed by atoms with van der Waals surface area (Å²) in [6.07, 6.45) is 0.0941. The van der Waals surface area contributed by atoms with Gasteiger partial charge in [-0.15, -0.1) is 0 Å². The van der Waals surface area contributed by atoms with Crippen LogP contribution in [0.1, 0.15) is 11.1 Å². The fraction of sp³-hybridized carbons (Fsp3) is 0.0833. The molecule has 0 aliphatic heterocycles. The van der Waals surface area contributed by atoms with E-state index in [2.05, 4.69) is 10.4 Å². The van der Waals surface area contributed by atoms with Crippen molar-refractivity contribution >= 4 is 17.3 Å². The van der Waals surface area contributed by atoms with Crippen LogP contribution in [0, 0.1) is 11.6 Å². The Balaban J connectivity index is 2.43. The average Bonchev–Trinajstić information content (AvgIpc) is 2.37. The molecule has 2 rings (SSSR count). The van der Waals surface area contributed by atoms with E-state index >= 15 is 0 Å². The zero-order chi connectivity index (χ0) is 14.0. The smallest absolute Gasteiger partial charge is 0.165 e. The van der Waals surface area contributed by atoms with Crippen molar-refractivity contribution in [1.29, 1.82) is 0 Å². The van der Waals surface area contributed by atoms with Crippen LogP contribution in [-0.4, -0.2) is 4.98 Å². The number of benzene rings is 1. The highest BCUT2D eigenvalue weighted by molar-refractivity contribution is 5.68. The summed E-state index contributed by atoms with van der Waals surface area (Å²) < 4.78 is 26.7. The third kappa shape index (κ3) is 2.71. The largest absolute Gasteiger partial charge is 0.395 e. The maximum Gasteiger partial charge on any atom is 0.165 e. The standard InChI is InChI=1S/C12H13F2N5/c13-8-1-2-9(14)6(4-8)3-7-5-10(15)18-12(19-17)11(7)16/h1-2,4-5H,3,16-17H2,(H3,15,18,19). The molecule has 0 radical (unpaired) electrons. The van der Waals surface area contributed by atoms with E-state index in [-0.39, 0.29) is 29.3 Å². The fourth-order valence-electron chi connectivity index (χ4n) is 1.77. The Kier molecular flexibility index (Phi) is 3.48. The summed E-state index contributed by atoms with van der Waals surface area (Å²) in [5.41, 5.74) is 14.7. The fourth-order valence-corrected chi connectivity index (χ4v) is 1.77. The van der Waals surface area contributed by atoms with Gasteiger partial charge in [0.05, 0.1) is 5.69 Å². The molecule has 0 bridgehead atoms. The van der Waals surface area contributed by atoms with Gasteiger partial charge < -0.3 is 16.9 Å². The Morgan fingerprint density at radius 1 is 1.11 bits per heavy atom. The van der Waals surface area contributed by atoms with Crippen LogP contribution in [0.25, 0.3) is 0 Å². The van der Waals surface area contributed by atoms with Gasteiger partial charge in [0.2, 0.25) is 0 Å². The lowest BCUT2D eigenvalue weighted by molar-refractivity contribution is 0.588. The minimum Gasteiger partial charge on any atom is -0.395 e.